The molecule has 3 nitrogen and oxygen atoms in total. The van der Waals surface area contributed by atoms with Gasteiger partial charge in [-0.3, -0.25) is 4.79 Å². The van der Waals surface area contributed by atoms with Gasteiger partial charge in [-0.05, 0) is 30.0 Å². The Bertz CT molecular complexity index is 405. The number of nitrogens with zero attached hydrogens (tertiary/aromatic N) is 1. The zero-order chi connectivity index (χ0) is 12.4. The molecule has 2 atom stereocenters. The van der Waals surface area contributed by atoms with Crippen LogP contribution in [0.3, 0.4) is 0 Å². The molecule has 1 aromatic heterocycles. The molecule has 0 bridgehead atoms. The summed E-state index contributed by atoms with van der Waals surface area (Å²) in [6, 6.07) is 1.98. The van der Waals surface area contributed by atoms with E-state index in [9.17, 15) is 9.90 Å². The molecule has 1 amide bonds. The molecule has 0 spiro atoms. The molecule has 17 heavy (non-hydrogen) atoms. The Balaban J connectivity index is 2.10. The normalized spacial score (nSPS) is 25.0. The molecule has 94 valence electrons. The van der Waals surface area contributed by atoms with Gasteiger partial charge in [0, 0.05) is 18.0 Å². The molecular formula is C12H17NO2S2. The standard InChI is InChI=1S/C12H17NO2S2/c1-8-3-5-13(7-9(8)14)12(15)11-10(16-2)4-6-17-11/h4,6,8-9,14H,3,5,7H2,1-2H3. The maximum Gasteiger partial charge on any atom is 0.265 e. The maximum atomic E-state index is 12.3. The average Bonchev–Trinajstić information content (AvgIpc) is 2.80. The number of thioether (sulfide) groups is 1. The second kappa shape index (κ2) is 5.42. The van der Waals surface area contributed by atoms with Crippen molar-refractivity contribution in [3.8, 4) is 0 Å². The number of carbonyl (C=O) groups is 1. The molecular weight excluding hydrogens is 254 g/mol. The maximum absolute atomic E-state index is 12.3. The van der Waals surface area contributed by atoms with Gasteiger partial charge in [0.2, 0.25) is 0 Å². The molecule has 0 aromatic carbocycles. The van der Waals surface area contributed by atoms with Crippen LogP contribution in [-0.2, 0) is 0 Å². The summed E-state index contributed by atoms with van der Waals surface area (Å²) in [4.78, 5) is 15.9. The van der Waals surface area contributed by atoms with Crippen molar-refractivity contribution in [1.82, 2.24) is 4.90 Å². The number of rotatable bonds is 2. The largest absolute Gasteiger partial charge is 0.391 e. The molecule has 2 rings (SSSR count). The van der Waals surface area contributed by atoms with Gasteiger partial charge in [-0.25, -0.2) is 0 Å². The van der Waals surface area contributed by atoms with Crippen molar-refractivity contribution in [1.29, 1.82) is 0 Å². The molecule has 1 fully saturated rings. The van der Waals surface area contributed by atoms with Crippen molar-refractivity contribution in [3.05, 3.63) is 16.3 Å². The number of hydrogen-bond acceptors (Lipinski definition) is 4. The van der Waals surface area contributed by atoms with Crippen LogP contribution in [0.4, 0.5) is 0 Å². The zero-order valence-electron chi connectivity index (χ0n) is 10.0. The molecule has 1 saturated heterocycles. The highest BCUT2D eigenvalue weighted by atomic mass is 32.2. The van der Waals surface area contributed by atoms with Gasteiger partial charge in [-0.1, -0.05) is 6.92 Å². The van der Waals surface area contributed by atoms with E-state index in [1.54, 1.807) is 16.7 Å². The summed E-state index contributed by atoms with van der Waals surface area (Å²) in [5.41, 5.74) is 0. The molecule has 1 N–H and O–H groups in total. The first-order chi connectivity index (χ1) is 8.13. The van der Waals surface area contributed by atoms with Crippen LogP contribution < -0.4 is 0 Å². The Kier molecular flexibility index (Phi) is 4.12. The summed E-state index contributed by atoms with van der Waals surface area (Å²) in [5.74, 6) is 0.359. The number of hydrogen-bond donors (Lipinski definition) is 1. The summed E-state index contributed by atoms with van der Waals surface area (Å²) >= 11 is 3.08. The van der Waals surface area contributed by atoms with Gasteiger partial charge in [0.25, 0.3) is 5.91 Å². The van der Waals surface area contributed by atoms with E-state index in [-0.39, 0.29) is 12.0 Å². The minimum Gasteiger partial charge on any atom is -0.391 e. The number of piperidine rings is 1. The lowest BCUT2D eigenvalue weighted by Crippen LogP contribution is -2.45. The molecule has 5 heteroatoms. The van der Waals surface area contributed by atoms with Crippen molar-refractivity contribution in [2.24, 2.45) is 5.92 Å². The van der Waals surface area contributed by atoms with Crippen LogP contribution in [-0.4, -0.2) is 41.4 Å². The number of thiophene rings is 1. The Labute approximate surface area is 110 Å². The van der Waals surface area contributed by atoms with E-state index in [0.717, 1.165) is 22.7 Å². The number of aliphatic hydroxyl groups is 1. The number of carbonyl (C=O) groups excluding carboxylic acids is 1. The summed E-state index contributed by atoms with van der Waals surface area (Å²) in [5, 5.41) is 11.8. The Hall–Kier alpha value is -0.520. The quantitative estimate of drug-likeness (QED) is 0.839. The van der Waals surface area contributed by atoms with Crippen LogP contribution in [0.1, 0.15) is 23.0 Å². The van der Waals surface area contributed by atoms with Gasteiger partial charge in [0.1, 0.15) is 4.88 Å². The first kappa shape index (κ1) is 12.9. The van der Waals surface area contributed by atoms with Crippen molar-refractivity contribution in [2.45, 2.75) is 24.3 Å². The molecule has 1 aliphatic rings. The van der Waals surface area contributed by atoms with Crippen LogP contribution in [0.2, 0.25) is 0 Å². The van der Waals surface area contributed by atoms with Crippen LogP contribution in [0.15, 0.2) is 16.3 Å². The highest BCUT2D eigenvalue weighted by Crippen LogP contribution is 2.28. The van der Waals surface area contributed by atoms with Gasteiger partial charge in [-0.15, -0.1) is 23.1 Å². The minimum absolute atomic E-state index is 0.0651. The van der Waals surface area contributed by atoms with E-state index in [2.05, 4.69) is 0 Å². The monoisotopic (exact) mass is 271 g/mol. The molecule has 2 unspecified atom stereocenters. The fraction of sp³-hybridized carbons (Fsp3) is 0.583. The minimum atomic E-state index is -0.384. The second-order valence-corrected chi connectivity index (χ2v) is 6.17. The van der Waals surface area contributed by atoms with Crippen LogP contribution in [0.5, 0.6) is 0 Å². The first-order valence-corrected chi connectivity index (χ1v) is 7.82. The van der Waals surface area contributed by atoms with Crippen LogP contribution in [0.25, 0.3) is 0 Å². The van der Waals surface area contributed by atoms with E-state index in [0.29, 0.717) is 12.5 Å². The van der Waals surface area contributed by atoms with E-state index in [1.807, 2.05) is 24.6 Å². The lowest BCUT2D eigenvalue weighted by molar-refractivity contribution is 0.0250. The highest BCUT2D eigenvalue weighted by molar-refractivity contribution is 7.98. The van der Waals surface area contributed by atoms with E-state index in [4.69, 9.17) is 0 Å². The van der Waals surface area contributed by atoms with E-state index < -0.39 is 0 Å². The summed E-state index contributed by atoms with van der Waals surface area (Å²) in [7, 11) is 0. The third-order valence-corrected chi connectivity index (χ3v) is 5.06. The predicted molar refractivity (Wildman–Crippen MR) is 71.8 cm³/mol. The van der Waals surface area contributed by atoms with Crippen molar-refractivity contribution >= 4 is 29.0 Å². The topological polar surface area (TPSA) is 40.5 Å². The third-order valence-electron chi connectivity index (χ3n) is 3.25. The van der Waals surface area contributed by atoms with Crippen LogP contribution >= 0.6 is 23.1 Å². The number of β-amino-alcohol motifs (C(OH)–C–C–N with tert-alkyl or cyclic N) is 1. The molecule has 0 saturated carbocycles. The second-order valence-electron chi connectivity index (χ2n) is 4.40. The molecule has 1 aliphatic heterocycles. The highest BCUT2D eigenvalue weighted by Gasteiger charge is 2.29. The first-order valence-electron chi connectivity index (χ1n) is 5.72. The predicted octanol–water partition coefficient (Wildman–Crippen LogP) is 2.31. The van der Waals surface area contributed by atoms with Gasteiger partial charge in [-0.2, -0.15) is 0 Å². The fourth-order valence-corrected chi connectivity index (χ4v) is 3.70. The SMILES string of the molecule is CSc1ccsc1C(=O)N1CCC(C)C(O)C1. The van der Waals surface area contributed by atoms with E-state index >= 15 is 0 Å². The van der Waals surface area contributed by atoms with Gasteiger partial charge >= 0.3 is 0 Å². The van der Waals surface area contributed by atoms with Gasteiger partial charge < -0.3 is 10.0 Å². The number of likely N-dealkylation sites (tertiary alicyclic amines) is 1. The molecule has 2 heterocycles. The molecule has 1 aromatic rings. The van der Waals surface area contributed by atoms with Crippen molar-refractivity contribution in [3.63, 3.8) is 0 Å². The third kappa shape index (κ3) is 2.67. The van der Waals surface area contributed by atoms with Crippen molar-refractivity contribution in [2.75, 3.05) is 19.3 Å². The summed E-state index contributed by atoms with van der Waals surface area (Å²) < 4.78 is 0. The summed E-state index contributed by atoms with van der Waals surface area (Å²) in [6.45, 7) is 3.25. The Morgan fingerprint density at radius 2 is 2.41 bits per heavy atom. The Morgan fingerprint density at radius 3 is 3.06 bits per heavy atom. The lowest BCUT2D eigenvalue weighted by atomic mass is 9.96. The summed E-state index contributed by atoms with van der Waals surface area (Å²) in [6.07, 6.45) is 2.48. The zero-order valence-corrected chi connectivity index (χ0v) is 11.7. The van der Waals surface area contributed by atoms with Crippen LogP contribution in [0, 0.1) is 5.92 Å². The van der Waals surface area contributed by atoms with E-state index in [1.165, 1.54) is 11.3 Å². The molecule has 0 aliphatic carbocycles. The Morgan fingerprint density at radius 1 is 1.65 bits per heavy atom. The fourth-order valence-electron chi connectivity index (χ4n) is 1.99. The number of amides is 1. The van der Waals surface area contributed by atoms with Crippen molar-refractivity contribution < 1.29 is 9.90 Å². The van der Waals surface area contributed by atoms with Gasteiger partial charge in [0.15, 0.2) is 0 Å². The van der Waals surface area contributed by atoms with Gasteiger partial charge in [0.05, 0.1) is 6.10 Å². The lowest BCUT2D eigenvalue weighted by Gasteiger charge is -2.34. The average molecular weight is 271 g/mol. The number of aliphatic hydroxyl groups excluding tert-OH is 1. The molecule has 0 radical (unpaired) electrons. The smallest absolute Gasteiger partial charge is 0.265 e.